The van der Waals surface area contributed by atoms with E-state index in [9.17, 15) is 9.59 Å². The topological polar surface area (TPSA) is 52.6 Å². The summed E-state index contributed by atoms with van der Waals surface area (Å²) in [5.41, 5.74) is 3.36. The molecule has 0 aliphatic heterocycles. The van der Waals surface area contributed by atoms with E-state index >= 15 is 0 Å². The Balaban J connectivity index is 2.08. The van der Waals surface area contributed by atoms with Gasteiger partial charge in [0.2, 0.25) is 0 Å². The SMILES string of the molecule is C=CC(=O)Oc1c2c(c(OC(=O)C(=C)C)c3c(C)cccc13)C1CCC2C1C. The summed E-state index contributed by atoms with van der Waals surface area (Å²) in [5, 5.41) is 1.61. The molecule has 2 aromatic carbocycles. The second-order valence-electron chi connectivity index (χ2n) is 7.93. The van der Waals surface area contributed by atoms with Crippen molar-refractivity contribution in [2.75, 3.05) is 0 Å². The third-order valence-electron chi connectivity index (χ3n) is 6.24. The standard InChI is InChI=1S/C24H24O4/c1-6-18(25)27-22-17-9-7-8-13(4)19(17)23(28-24(26)12(2)3)21-16-11-10-15(14(16)5)20(21)22/h6-9,14-16H,1-2,10-11H2,3-5H3. The highest BCUT2D eigenvalue weighted by Crippen LogP contribution is 2.64. The number of fused-ring (bicyclic) bond motifs is 6. The van der Waals surface area contributed by atoms with Crippen LogP contribution in [0.3, 0.4) is 0 Å². The highest BCUT2D eigenvalue weighted by atomic mass is 16.5. The molecular formula is C24H24O4. The van der Waals surface area contributed by atoms with E-state index in [1.54, 1.807) is 6.92 Å². The average Bonchev–Trinajstić information content (AvgIpc) is 3.16. The summed E-state index contributed by atoms with van der Waals surface area (Å²) < 4.78 is 11.7. The zero-order chi connectivity index (χ0) is 20.2. The molecule has 0 N–H and O–H groups in total. The van der Waals surface area contributed by atoms with Crippen molar-refractivity contribution in [1.82, 2.24) is 0 Å². The largest absolute Gasteiger partial charge is 0.422 e. The van der Waals surface area contributed by atoms with Crippen LogP contribution in [0.2, 0.25) is 0 Å². The summed E-state index contributed by atoms with van der Waals surface area (Å²) in [7, 11) is 0. The van der Waals surface area contributed by atoms with Crippen molar-refractivity contribution in [3.63, 3.8) is 0 Å². The summed E-state index contributed by atoms with van der Waals surface area (Å²) in [5.74, 6) is 1.28. The number of benzene rings is 2. The molecule has 1 fully saturated rings. The van der Waals surface area contributed by atoms with Crippen LogP contribution in [0, 0.1) is 12.8 Å². The van der Waals surface area contributed by atoms with Gasteiger partial charge >= 0.3 is 11.9 Å². The van der Waals surface area contributed by atoms with E-state index < -0.39 is 11.9 Å². The van der Waals surface area contributed by atoms with Crippen molar-refractivity contribution in [2.24, 2.45) is 5.92 Å². The van der Waals surface area contributed by atoms with Gasteiger partial charge in [-0.1, -0.05) is 38.3 Å². The molecular weight excluding hydrogens is 352 g/mol. The zero-order valence-electron chi connectivity index (χ0n) is 16.5. The lowest BCUT2D eigenvalue weighted by molar-refractivity contribution is -0.130. The highest BCUT2D eigenvalue weighted by molar-refractivity contribution is 6.03. The number of aryl methyl sites for hydroxylation is 1. The van der Waals surface area contributed by atoms with Gasteiger partial charge in [0.05, 0.1) is 0 Å². The van der Waals surface area contributed by atoms with Crippen LogP contribution in [0.25, 0.3) is 10.8 Å². The number of esters is 2. The van der Waals surface area contributed by atoms with Gasteiger partial charge < -0.3 is 9.47 Å². The molecule has 0 saturated heterocycles. The maximum Gasteiger partial charge on any atom is 0.338 e. The fraction of sp³-hybridized carbons (Fsp3) is 0.333. The second-order valence-corrected chi connectivity index (χ2v) is 7.93. The molecule has 3 unspecified atom stereocenters. The van der Waals surface area contributed by atoms with Gasteiger partial charge in [-0.25, -0.2) is 9.59 Å². The van der Waals surface area contributed by atoms with Crippen LogP contribution in [0.1, 0.15) is 55.2 Å². The lowest BCUT2D eigenvalue weighted by Gasteiger charge is -2.24. The predicted octanol–water partition coefficient (Wildman–Crippen LogP) is 5.33. The van der Waals surface area contributed by atoms with Crippen LogP contribution < -0.4 is 9.47 Å². The van der Waals surface area contributed by atoms with Gasteiger partial charge in [0.15, 0.2) is 0 Å². The number of hydrogen-bond acceptors (Lipinski definition) is 4. The van der Waals surface area contributed by atoms with Gasteiger partial charge in [-0.05, 0) is 50.0 Å². The van der Waals surface area contributed by atoms with Crippen LogP contribution in [0.5, 0.6) is 11.5 Å². The molecule has 0 radical (unpaired) electrons. The van der Waals surface area contributed by atoms with E-state index in [-0.39, 0.29) is 5.92 Å². The molecule has 0 aromatic heterocycles. The van der Waals surface area contributed by atoms with Gasteiger partial charge in [0, 0.05) is 33.5 Å². The molecule has 144 valence electrons. The van der Waals surface area contributed by atoms with Crippen molar-refractivity contribution in [3.05, 3.63) is 59.7 Å². The maximum absolute atomic E-state index is 12.4. The molecule has 3 atom stereocenters. The summed E-state index contributed by atoms with van der Waals surface area (Å²) in [6.45, 7) is 13.1. The Morgan fingerprint density at radius 3 is 2.36 bits per heavy atom. The van der Waals surface area contributed by atoms with E-state index in [1.165, 1.54) is 6.08 Å². The monoisotopic (exact) mass is 376 g/mol. The molecule has 4 rings (SSSR count). The summed E-state index contributed by atoms with van der Waals surface area (Å²) in [4.78, 5) is 24.6. The number of rotatable bonds is 4. The first kappa shape index (κ1) is 18.5. The Labute approximate surface area is 164 Å². The molecule has 2 aliphatic carbocycles. The number of hydrogen-bond donors (Lipinski definition) is 0. The first-order chi connectivity index (χ1) is 13.3. The van der Waals surface area contributed by atoms with Crippen LogP contribution >= 0.6 is 0 Å². The van der Waals surface area contributed by atoms with Crippen molar-refractivity contribution >= 4 is 22.7 Å². The molecule has 1 saturated carbocycles. The maximum atomic E-state index is 12.4. The lowest BCUT2D eigenvalue weighted by Crippen LogP contribution is -2.14. The average molecular weight is 376 g/mol. The summed E-state index contributed by atoms with van der Waals surface area (Å²) in [6, 6.07) is 5.82. The van der Waals surface area contributed by atoms with Crippen molar-refractivity contribution in [2.45, 2.75) is 45.4 Å². The minimum Gasteiger partial charge on any atom is -0.422 e. The van der Waals surface area contributed by atoms with Crippen LogP contribution in [-0.4, -0.2) is 11.9 Å². The first-order valence-electron chi connectivity index (χ1n) is 9.66. The van der Waals surface area contributed by atoms with E-state index in [1.807, 2.05) is 25.1 Å². The smallest absolute Gasteiger partial charge is 0.338 e. The van der Waals surface area contributed by atoms with Crippen molar-refractivity contribution in [3.8, 4) is 11.5 Å². The Morgan fingerprint density at radius 1 is 1.11 bits per heavy atom. The fourth-order valence-electron chi connectivity index (χ4n) is 4.94. The minimum atomic E-state index is -0.480. The Hall–Kier alpha value is -2.88. The van der Waals surface area contributed by atoms with Crippen molar-refractivity contribution < 1.29 is 19.1 Å². The second kappa shape index (κ2) is 6.62. The minimum absolute atomic E-state index is 0.290. The van der Waals surface area contributed by atoms with E-state index in [2.05, 4.69) is 20.1 Å². The molecule has 0 spiro atoms. The normalized spacial score (nSPS) is 22.0. The number of carbonyl (C=O) groups excluding carboxylic acids is 2. The quantitative estimate of drug-likeness (QED) is 0.411. The molecule has 2 aromatic rings. The first-order valence-corrected chi connectivity index (χ1v) is 9.66. The van der Waals surface area contributed by atoms with Gasteiger partial charge in [0.1, 0.15) is 11.5 Å². The highest BCUT2D eigenvalue weighted by Gasteiger charge is 2.48. The van der Waals surface area contributed by atoms with E-state index in [0.29, 0.717) is 28.9 Å². The van der Waals surface area contributed by atoms with E-state index in [4.69, 9.17) is 9.47 Å². The van der Waals surface area contributed by atoms with Crippen LogP contribution in [-0.2, 0) is 9.59 Å². The zero-order valence-corrected chi connectivity index (χ0v) is 16.5. The Kier molecular flexibility index (Phi) is 4.37. The Bertz CT molecular complexity index is 1050. The molecule has 0 amide bonds. The van der Waals surface area contributed by atoms with Crippen molar-refractivity contribution in [1.29, 1.82) is 0 Å². The van der Waals surface area contributed by atoms with Gasteiger partial charge in [0.25, 0.3) is 0 Å². The van der Waals surface area contributed by atoms with Crippen LogP contribution in [0.4, 0.5) is 0 Å². The van der Waals surface area contributed by atoms with Crippen LogP contribution in [0.15, 0.2) is 43.0 Å². The summed E-state index contributed by atoms with van der Waals surface area (Å²) in [6.07, 6.45) is 3.27. The molecule has 28 heavy (non-hydrogen) atoms. The number of ether oxygens (including phenoxy) is 2. The molecule has 2 bridgehead atoms. The predicted molar refractivity (Wildman–Crippen MR) is 109 cm³/mol. The van der Waals surface area contributed by atoms with Gasteiger partial charge in [-0.3, -0.25) is 0 Å². The molecule has 0 heterocycles. The Morgan fingerprint density at radius 2 is 1.75 bits per heavy atom. The number of carbonyl (C=O) groups is 2. The van der Waals surface area contributed by atoms with Gasteiger partial charge in [-0.2, -0.15) is 0 Å². The van der Waals surface area contributed by atoms with Gasteiger partial charge in [-0.15, -0.1) is 0 Å². The fourth-order valence-corrected chi connectivity index (χ4v) is 4.94. The lowest BCUT2D eigenvalue weighted by atomic mass is 9.86. The third kappa shape index (κ3) is 2.59. The van der Waals surface area contributed by atoms with E-state index in [0.717, 1.165) is 40.3 Å². The molecule has 4 nitrogen and oxygen atoms in total. The summed E-state index contributed by atoms with van der Waals surface area (Å²) >= 11 is 0. The molecule has 4 heteroatoms. The molecule has 2 aliphatic rings. The third-order valence-corrected chi connectivity index (χ3v) is 6.24.